The van der Waals surface area contributed by atoms with E-state index in [4.69, 9.17) is 0 Å². The molecule has 0 atom stereocenters. The van der Waals surface area contributed by atoms with Crippen LogP contribution >= 0.6 is 0 Å². The van der Waals surface area contributed by atoms with Crippen LogP contribution in [0.25, 0.3) is 0 Å². The highest BCUT2D eigenvalue weighted by molar-refractivity contribution is 5.34. The molecule has 0 N–H and O–H groups in total. The molecule has 0 aliphatic rings. The number of hydrogen-bond acceptors (Lipinski definition) is 1. The van der Waals surface area contributed by atoms with Crippen LogP contribution in [0.4, 0.5) is 22.0 Å². The summed E-state index contributed by atoms with van der Waals surface area (Å²) in [4.78, 5) is 0. The van der Waals surface area contributed by atoms with Gasteiger partial charge in [-0.05, 0) is 12.1 Å². The van der Waals surface area contributed by atoms with Crippen LogP contribution in [-0.2, 0) is 0 Å². The normalized spacial score (nSPS) is 11.9. The van der Waals surface area contributed by atoms with E-state index in [1.807, 2.05) is 0 Å². The summed E-state index contributed by atoms with van der Waals surface area (Å²) < 4.78 is 62.9. The van der Waals surface area contributed by atoms with Gasteiger partial charge in [0.1, 0.15) is 5.75 Å². The van der Waals surface area contributed by atoms with Crippen LogP contribution in [-0.4, -0.2) is 6.36 Å². The van der Waals surface area contributed by atoms with Crippen LogP contribution < -0.4 is 4.74 Å². The third-order valence-corrected chi connectivity index (χ3v) is 1.38. The van der Waals surface area contributed by atoms with Gasteiger partial charge in [0, 0.05) is 0 Å². The van der Waals surface area contributed by atoms with E-state index in [2.05, 4.69) is 4.74 Å². The standard InChI is InChI=1S/C8H5F5O/c9-7(10)5-3-1-2-4-6(5)14-8(11,12)13/h1-4,7H. The smallest absolute Gasteiger partial charge is 0.405 e. The Balaban J connectivity index is 2.96. The molecule has 0 heterocycles. The fourth-order valence-corrected chi connectivity index (χ4v) is 0.878. The molecule has 0 radical (unpaired) electrons. The van der Waals surface area contributed by atoms with Gasteiger partial charge in [-0.2, -0.15) is 0 Å². The summed E-state index contributed by atoms with van der Waals surface area (Å²) >= 11 is 0. The second-order valence-electron chi connectivity index (χ2n) is 2.39. The van der Waals surface area contributed by atoms with Gasteiger partial charge >= 0.3 is 6.36 Å². The molecule has 0 aliphatic carbocycles. The zero-order valence-corrected chi connectivity index (χ0v) is 6.68. The van der Waals surface area contributed by atoms with E-state index in [-0.39, 0.29) is 0 Å². The molecule has 0 aliphatic heterocycles. The Morgan fingerprint density at radius 2 is 1.64 bits per heavy atom. The molecule has 78 valence electrons. The van der Waals surface area contributed by atoms with E-state index in [0.29, 0.717) is 0 Å². The molecule has 0 saturated carbocycles. The Morgan fingerprint density at radius 3 is 2.14 bits per heavy atom. The highest BCUT2D eigenvalue weighted by atomic mass is 19.4. The Kier molecular flexibility index (Phi) is 2.93. The van der Waals surface area contributed by atoms with E-state index in [0.717, 1.165) is 12.1 Å². The van der Waals surface area contributed by atoms with Gasteiger partial charge in [0.2, 0.25) is 0 Å². The molecule has 0 spiro atoms. The average Bonchev–Trinajstić information content (AvgIpc) is 2.01. The van der Waals surface area contributed by atoms with Crippen molar-refractivity contribution in [2.45, 2.75) is 12.8 Å². The highest BCUT2D eigenvalue weighted by Gasteiger charge is 2.32. The van der Waals surface area contributed by atoms with Crippen molar-refractivity contribution in [2.24, 2.45) is 0 Å². The first-order valence-corrected chi connectivity index (χ1v) is 3.53. The van der Waals surface area contributed by atoms with Crippen LogP contribution in [0.15, 0.2) is 24.3 Å². The number of para-hydroxylation sites is 1. The number of rotatable bonds is 2. The molecule has 0 fully saturated rings. The van der Waals surface area contributed by atoms with Crippen molar-refractivity contribution < 1.29 is 26.7 Å². The van der Waals surface area contributed by atoms with Crippen molar-refractivity contribution >= 4 is 0 Å². The highest BCUT2D eigenvalue weighted by Crippen LogP contribution is 2.32. The van der Waals surface area contributed by atoms with Crippen LogP contribution in [0.1, 0.15) is 12.0 Å². The van der Waals surface area contributed by atoms with Crippen LogP contribution in [0, 0.1) is 0 Å². The lowest BCUT2D eigenvalue weighted by atomic mass is 10.2. The molecule has 6 heteroatoms. The molecule has 14 heavy (non-hydrogen) atoms. The zero-order chi connectivity index (χ0) is 10.8. The first kappa shape index (κ1) is 10.7. The van der Waals surface area contributed by atoms with Crippen molar-refractivity contribution in [2.75, 3.05) is 0 Å². The first-order chi connectivity index (χ1) is 6.40. The van der Waals surface area contributed by atoms with E-state index in [1.54, 1.807) is 0 Å². The molecule has 0 amide bonds. The number of benzene rings is 1. The average molecular weight is 212 g/mol. The summed E-state index contributed by atoms with van der Waals surface area (Å²) in [6.07, 6.45) is -7.95. The zero-order valence-electron chi connectivity index (χ0n) is 6.68. The lowest BCUT2D eigenvalue weighted by Gasteiger charge is -2.12. The van der Waals surface area contributed by atoms with E-state index >= 15 is 0 Å². The van der Waals surface area contributed by atoms with Crippen molar-refractivity contribution in [1.29, 1.82) is 0 Å². The Bertz CT molecular complexity index is 307. The molecular weight excluding hydrogens is 207 g/mol. The van der Waals surface area contributed by atoms with E-state index in [9.17, 15) is 22.0 Å². The number of alkyl halides is 5. The summed E-state index contributed by atoms with van der Waals surface area (Å²) in [6.45, 7) is 0. The fraction of sp³-hybridized carbons (Fsp3) is 0.250. The monoisotopic (exact) mass is 212 g/mol. The van der Waals surface area contributed by atoms with E-state index < -0.39 is 24.1 Å². The largest absolute Gasteiger partial charge is 0.573 e. The quantitative estimate of drug-likeness (QED) is 0.681. The summed E-state index contributed by atoms with van der Waals surface area (Å²) in [7, 11) is 0. The maximum Gasteiger partial charge on any atom is 0.573 e. The van der Waals surface area contributed by atoms with Gasteiger partial charge in [0.25, 0.3) is 6.43 Å². The lowest BCUT2D eigenvalue weighted by molar-refractivity contribution is -0.275. The van der Waals surface area contributed by atoms with Crippen LogP contribution in [0.3, 0.4) is 0 Å². The molecule has 0 aromatic heterocycles. The number of ether oxygens (including phenoxy) is 1. The van der Waals surface area contributed by atoms with Gasteiger partial charge in [0.05, 0.1) is 5.56 Å². The summed E-state index contributed by atoms with van der Waals surface area (Å²) in [5.41, 5.74) is -0.773. The van der Waals surface area contributed by atoms with Crippen molar-refractivity contribution in [3.63, 3.8) is 0 Å². The maximum absolute atomic E-state index is 12.2. The van der Waals surface area contributed by atoms with Gasteiger partial charge in [0.15, 0.2) is 0 Å². The van der Waals surface area contributed by atoms with Crippen molar-refractivity contribution in [3.05, 3.63) is 29.8 Å². The van der Waals surface area contributed by atoms with Gasteiger partial charge in [-0.1, -0.05) is 12.1 Å². The van der Waals surface area contributed by atoms with Crippen molar-refractivity contribution in [1.82, 2.24) is 0 Å². The summed E-state index contributed by atoms with van der Waals surface area (Å²) in [6, 6.07) is 4.12. The minimum absolute atomic E-state index is 0.773. The summed E-state index contributed by atoms with van der Waals surface area (Å²) in [5, 5.41) is 0. The molecule has 1 rings (SSSR count). The van der Waals surface area contributed by atoms with Crippen LogP contribution in [0.5, 0.6) is 5.75 Å². The van der Waals surface area contributed by atoms with Crippen molar-refractivity contribution in [3.8, 4) is 5.75 Å². The van der Waals surface area contributed by atoms with Gasteiger partial charge < -0.3 is 4.74 Å². The minimum atomic E-state index is -4.95. The molecule has 0 saturated heterocycles. The third kappa shape index (κ3) is 2.86. The SMILES string of the molecule is FC(F)c1ccccc1OC(F)(F)F. The van der Waals surface area contributed by atoms with Gasteiger partial charge in [-0.25, -0.2) is 8.78 Å². The second-order valence-corrected chi connectivity index (χ2v) is 2.39. The van der Waals surface area contributed by atoms with E-state index in [1.165, 1.54) is 12.1 Å². The Labute approximate surface area is 76.1 Å². The predicted molar refractivity (Wildman–Crippen MR) is 38.1 cm³/mol. The second kappa shape index (κ2) is 3.81. The molecule has 0 unspecified atom stereocenters. The van der Waals surface area contributed by atoms with Gasteiger partial charge in [-0.3, -0.25) is 0 Å². The topological polar surface area (TPSA) is 9.23 Å². The fourth-order valence-electron chi connectivity index (χ4n) is 0.878. The first-order valence-electron chi connectivity index (χ1n) is 3.53. The molecule has 1 aromatic rings. The number of halogens is 5. The summed E-state index contributed by atoms with van der Waals surface area (Å²) in [5.74, 6) is -0.866. The molecule has 1 nitrogen and oxygen atoms in total. The van der Waals surface area contributed by atoms with Crippen LogP contribution in [0.2, 0.25) is 0 Å². The third-order valence-electron chi connectivity index (χ3n) is 1.38. The minimum Gasteiger partial charge on any atom is -0.405 e. The van der Waals surface area contributed by atoms with Gasteiger partial charge in [-0.15, -0.1) is 13.2 Å². The Hall–Kier alpha value is -1.33. The lowest BCUT2D eigenvalue weighted by Crippen LogP contribution is -2.18. The Morgan fingerprint density at radius 1 is 1.07 bits per heavy atom. The predicted octanol–water partition coefficient (Wildman–Crippen LogP) is 3.52. The molecule has 1 aromatic carbocycles. The maximum atomic E-state index is 12.2. The molecular formula is C8H5F5O. The molecule has 0 bridgehead atoms. The number of hydrogen-bond donors (Lipinski definition) is 0.